The summed E-state index contributed by atoms with van der Waals surface area (Å²) in [6, 6.07) is 10.2. The van der Waals surface area contributed by atoms with E-state index in [9.17, 15) is 9.59 Å². The Morgan fingerprint density at radius 1 is 1.00 bits per heavy atom. The predicted octanol–water partition coefficient (Wildman–Crippen LogP) is 1.71. The van der Waals surface area contributed by atoms with Crippen molar-refractivity contribution in [1.82, 2.24) is 19.8 Å². The van der Waals surface area contributed by atoms with Crippen molar-refractivity contribution in [2.45, 2.75) is 27.3 Å². The van der Waals surface area contributed by atoms with Crippen molar-refractivity contribution in [2.75, 3.05) is 62.2 Å². The maximum absolute atomic E-state index is 12.3. The number of anilines is 2. The Morgan fingerprint density at radius 3 is 2.34 bits per heavy atom. The highest BCUT2D eigenvalue weighted by Gasteiger charge is 2.24. The molecule has 0 unspecified atom stereocenters. The minimum Gasteiger partial charge on any atom is -0.369 e. The molecule has 0 saturated carbocycles. The van der Waals surface area contributed by atoms with Crippen molar-refractivity contribution >= 4 is 17.5 Å². The molecule has 0 spiro atoms. The van der Waals surface area contributed by atoms with Crippen molar-refractivity contribution < 1.29 is 4.79 Å². The van der Waals surface area contributed by atoms with E-state index in [-0.39, 0.29) is 17.4 Å². The van der Waals surface area contributed by atoms with Gasteiger partial charge < -0.3 is 14.7 Å². The second-order valence-electron chi connectivity index (χ2n) is 9.13. The molecule has 0 atom stereocenters. The summed E-state index contributed by atoms with van der Waals surface area (Å²) in [6.07, 6.45) is 0. The van der Waals surface area contributed by atoms with Crippen LogP contribution < -0.4 is 15.4 Å². The van der Waals surface area contributed by atoms with Gasteiger partial charge in [-0.25, -0.2) is 4.98 Å². The van der Waals surface area contributed by atoms with Crippen LogP contribution in [0.4, 0.5) is 11.6 Å². The fourth-order valence-electron chi connectivity index (χ4n) is 4.45. The second kappa shape index (κ2) is 9.73. The van der Waals surface area contributed by atoms with Crippen LogP contribution >= 0.6 is 0 Å². The third-order valence-electron chi connectivity index (χ3n) is 6.29. The second-order valence-corrected chi connectivity index (χ2v) is 9.13. The summed E-state index contributed by atoms with van der Waals surface area (Å²) >= 11 is 0. The molecule has 8 nitrogen and oxygen atoms in total. The number of carbonyl (C=O) groups is 1. The fourth-order valence-corrected chi connectivity index (χ4v) is 4.45. The average Bonchev–Trinajstić information content (AvgIpc) is 2.79. The van der Waals surface area contributed by atoms with Crippen molar-refractivity contribution in [1.29, 1.82) is 0 Å². The molecule has 1 amide bonds. The van der Waals surface area contributed by atoms with Gasteiger partial charge in [-0.2, -0.15) is 0 Å². The van der Waals surface area contributed by atoms with E-state index >= 15 is 0 Å². The Morgan fingerprint density at radius 2 is 1.69 bits per heavy atom. The summed E-state index contributed by atoms with van der Waals surface area (Å²) in [5.41, 5.74) is 3.23. The number of hydrogen-bond acceptors (Lipinski definition) is 6. The number of benzene rings is 1. The molecule has 32 heavy (non-hydrogen) atoms. The molecule has 2 fully saturated rings. The molecule has 1 aromatic heterocycles. The quantitative estimate of drug-likeness (QED) is 0.766. The van der Waals surface area contributed by atoms with Gasteiger partial charge in [-0.15, -0.1) is 0 Å². The zero-order valence-electron chi connectivity index (χ0n) is 19.4. The lowest BCUT2D eigenvalue weighted by molar-refractivity contribution is -0.134. The zero-order chi connectivity index (χ0) is 22.7. The number of carbonyl (C=O) groups excluding carboxylic acids is 1. The van der Waals surface area contributed by atoms with E-state index in [1.807, 2.05) is 18.7 Å². The number of aryl methyl sites for hydroxylation is 1. The van der Waals surface area contributed by atoms with E-state index in [1.54, 1.807) is 6.07 Å². The molecule has 1 aromatic carbocycles. The van der Waals surface area contributed by atoms with Crippen LogP contribution in [0, 0.1) is 12.8 Å². The lowest BCUT2D eigenvalue weighted by Gasteiger charge is -2.37. The third-order valence-corrected chi connectivity index (χ3v) is 6.29. The van der Waals surface area contributed by atoms with Crippen LogP contribution in [0.2, 0.25) is 0 Å². The lowest BCUT2D eigenvalue weighted by atomic mass is 10.1. The van der Waals surface area contributed by atoms with Gasteiger partial charge in [0.25, 0.3) is 5.56 Å². The highest BCUT2D eigenvalue weighted by molar-refractivity contribution is 5.78. The number of aromatic nitrogens is 2. The standard InChI is InChI=1S/C24H34N6O2/c1-18(2)23(32)29-11-13-30(14-12-29)24-25-20(16-22(31)26-24)17-27-7-9-28(10-8-27)21-6-4-5-19(3)15-21/h4-6,15-16,18H,7-14,17H2,1-3H3,(H,25,26,31). The van der Waals surface area contributed by atoms with E-state index in [0.29, 0.717) is 38.7 Å². The van der Waals surface area contributed by atoms with Crippen molar-refractivity contribution in [3.8, 4) is 0 Å². The Hall–Kier alpha value is -2.87. The minimum atomic E-state index is -0.121. The minimum absolute atomic E-state index is 0.00851. The fraction of sp³-hybridized carbons (Fsp3) is 0.542. The van der Waals surface area contributed by atoms with Gasteiger partial charge in [0, 0.05) is 76.6 Å². The predicted molar refractivity (Wildman–Crippen MR) is 127 cm³/mol. The van der Waals surface area contributed by atoms with Crippen molar-refractivity contribution in [2.24, 2.45) is 5.92 Å². The van der Waals surface area contributed by atoms with Crippen molar-refractivity contribution in [3.63, 3.8) is 0 Å². The van der Waals surface area contributed by atoms with Gasteiger partial charge in [-0.05, 0) is 24.6 Å². The van der Waals surface area contributed by atoms with Crippen LogP contribution in [0.25, 0.3) is 0 Å². The number of piperazine rings is 2. The number of rotatable bonds is 5. The number of H-pyrrole nitrogens is 1. The maximum Gasteiger partial charge on any atom is 0.252 e. The highest BCUT2D eigenvalue weighted by atomic mass is 16.2. The molecule has 2 aliphatic rings. The van der Waals surface area contributed by atoms with E-state index in [1.165, 1.54) is 11.3 Å². The van der Waals surface area contributed by atoms with Crippen LogP contribution in [-0.2, 0) is 11.3 Å². The molecular formula is C24H34N6O2. The molecule has 3 heterocycles. The molecule has 4 rings (SSSR count). The summed E-state index contributed by atoms with van der Waals surface area (Å²) in [5, 5.41) is 0. The van der Waals surface area contributed by atoms with Gasteiger partial charge in [0.2, 0.25) is 11.9 Å². The summed E-state index contributed by atoms with van der Waals surface area (Å²) in [6.45, 7) is 13.1. The molecular weight excluding hydrogens is 404 g/mol. The third kappa shape index (κ3) is 5.30. The first-order chi connectivity index (χ1) is 15.4. The summed E-state index contributed by atoms with van der Waals surface area (Å²) < 4.78 is 0. The SMILES string of the molecule is Cc1cccc(N2CCN(Cc3cc(=O)[nH]c(N4CCN(C(=O)C(C)C)CC4)n3)CC2)c1. The maximum atomic E-state index is 12.3. The van der Waals surface area contributed by atoms with Crippen LogP contribution in [0.3, 0.4) is 0 Å². The molecule has 0 radical (unpaired) electrons. The van der Waals surface area contributed by atoms with Gasteiger partial charge in [-0.1, -0.05) is 26.0 Å². The highest BCUT2D eigenvalue weighted by Crippen LogP contribution is 2.19. The molecule has 0 bridgehead atoms. The number of amides is 1. The molecule has 2 aliphatic heterocycles. The molecule has 172 valence electrons. The number of nitrogens with zero attached hydrogens (tertiary/aromatic N) is 5. The Labute approximate surface area is 189 Å². The number of hydrogen-bond donors (Lipinski definition) is 1. The first kappa shape index (κ1) is 22.3. The zero-order valence-corrected chi connectivity index (χ0v) is 19.4. The van der Waals surface area contributed by atoms with E-state index in [2.05, 4.69) is 50.9 Å². The monoisotopic (exact) mass is 438 g/mol. The summed E-state index contributed by atoms with van der Waals surface area (Å²) in [7, 11) is 0. The Balaban J connectivity index is 1.35. The average molecular weight is 439 g/mol. The van der Waals surface area contributed by atoms with Crippen LogP contribution in [-0.4, -0.2) is 78.0 Å². The van der Waals surface area contributed by atoms with E-state index in [4.69, 9.17) is 4.98 Å². The van der Waals surface area contributed by atoms with Gasteiger partial charge in [0.1, 0.15) is 0 Å². The topological polar surface area (TPSA) is 75.8 Å². The largest absolute Gasteiger partial charge is 0.369 e. The Kier molecular flexibility index (Phi) is 6.79. The van der Waals surface area contributed by atoms with Gasteiger partial charge in [0.15, 0.2) is 0 Å². The lowest BCUT2D eigenvalue weighted by Crippen LogP contribution is -2.50. The van der Waals surface area contributed by atoms with Crippen LogP contribution in [0.1, 0.15) is 25.1 Å². The first-order valence-electron chi connectivity index (χ1n) is 11.6. The van der Waals surface area contributed by atoms with Gasteiger partial charge >= 0.3 is 0 Å². The molecule has 0 aliphatic carbocycles. The normalized spacial score (nSPS) is 17.8. The first-order valence-corrected chi connectivity index (χ1v) is 11.6. The van der Waals surface area contributed by atoms with Crippen LogP contribution in [0.15, 0.2) is 35.1 Å². The molecule has 1 N–H and O–H groups in total. The summed E-state index contributed by atoms with van der Waals surface area (Å²) in [4.78, 5) is 40.9. The number of nitrogens with one attached hydrogen (secondary N) is 1. The molecule has 2 aromatic rings. The van der Waals surface area contributed by atoms with Gasteiger partial charge in [0.05, 0.1) is 5.69 Å². The Bertz CT molecular complexity index is 988. The van der Waals surface area contributed by atoms with Crippen LogP contribution in [0.5, 0.6) is 0 Å². The summed E-state index contributed by atoms with van der Waals surface area (Å²) in [5.74, 6) is 0.807. The van der Waals surface area contributed by atoms with Gasteiger partial charge in [-0.3, -0.25) is 19.5 Å². The van der Waals surface area contributed by atoms with Crippen molar-refractivity contribution in [3.05, 3.63) is 51.9 Å². The number of aromatic amines is 1. The molecule has 2 saturated heterocycles. The van der Waals surface area contributed by atoms with E-state index in [0.717, 1.165) is 31.9 Å². The molecule has 8 heteroatoms. The van der Waals surface area contributed by atoms with E-state index < -0.39 is 0 Å². The smallest absolute Gasteiger partial charge is 0.252 e.